The van der Waals surface area contributed by atoms with Gasteiger partial charge in [-0.1, -0.05) is 0 Å². The van der Waals surface area contributed by atoms with Gasteiger partial charge in [-0.05, 0) is 27.7 Å². The minimum absolute atomic E-state index is 0.0477. The summed E-state index contributed by atoms with van der Waals surface area (Å²) >= 11 is 0. The first kappa shape index (κ1) is 15.8. The molecule has 1 aliphatic heterocycles. The van der Waals surface area contributed by atoms with Crippen LogP contribution >= 0.6 is 0 Å². The highest BCUT2D eigenvalue weighted by molar-refractivity contribution is 5.71. The number of hydrogen-bond acceptors (Lipinski definition) is 5. The van der Waals surface area contributed by atoms with Gasteiger partial charge >= 0.3 is 12.1 Å². The summed E-state index contributed by atoms with van der Waals surface area (Å²) in [7, 11) is 0. The predicted octanol–water partition coefficient (Wildman–Crippen LogP) is 1.05. The number of alkyl carbamates (subject to hydrolysis) is 1. The molecule has 1 saturated heterocycles. The Morgan fingerprint density at radius 1 is 1.32 bits per heavy atom. The van der Waals surface area contributed by atoms with Crippen LogP contribution in [-0.2, 0) is 14.3 Å². The van der Waals surface area contributed by atoms with Crippen LogP contribution in [0, 0.1) is 5.92 Å². The first-order valence-electron chi connectivity index (χ1n) is 6.67. The number of ether oxygens (including phenoxy) is 2. The Morgan fingerprint density at radius 2 is 2.00 bits per heavy atom. The van der Waals surface area contributed by atoms with Crippen LogP contribution in [-0.4, -0.2) is 43.4 Å². The number of amides is 1. The van der Waals surface area contributed by atoms with E-state index in [1.165, 1.54) is 0 Å². The fourth-order valence-electron chi connectivity index (χ4n) is 2.01. The maximum absolute atomic E-state index is 11.7. The second kappa shape index (κ2) is 6.75. The zero-order chi connectivity index (χ0) is 14.5. The Kier molecular flexibility index (Phi) is 5.60. The molecule has 2 atom stereocenters. The van der Waals surface area contributed by atoms with Gasteiger partial charge in [0, 0.05) is 25.0 Å². The first-order valence-corrected chi connectivity index (χ1v) is 6.67. The number of esters is 1. The highest BCUT2D eigenvalue weighted by Crippen LogP contribution is 2.15. The SMILES string of the molecule is CCOC(=O)C[C@H]1CNC[C@@H]1NC(=O)OC(C)(C)C. The molecular formula is C13H24N2O4. The van der Waals surface area contributed by atoms with Crippen molar-refractivity contribution >= 4 is 12.1 Å². The van der Waals surface area contributed by atoms with Gasteiger partial charge in [0.25, 0.3) is 0 Å². The van der Waals surface area contributed by atoms with Crippen LogP contribution < -0.4 is 10.6 Å². The van der Waals surface area contributed by atoms with Crippen LogP contribution in [0.1, 0.15) is 34.1 Å². The Labute approximate surface area is 114 Å². The summed E-state index contributed by atoms with van der Waals surface area (Å²) in [4.78, 5) is 23.2. The van der Waals surface area contributed by atoms with Crippen molar-refractivity contribution in [3.05, 3.63) is 0 Å². The average molecular weight is 272 g/mol. The molecule has 0 bridgehead atoms. The van der Waals surface area contributed by atoms with E-state index >= 15 is 0 Å². The first-order chi connectivity index (χ1) is 8.81. The van der Waals surface area contributed by atoms with E-state index in [9.17, 15) is 9.59 Å². The lowest BCUT2D eigenvalue weighted by molar-refractivity contribution is -0.144. The fourth-order valence-corrected chi connectivity index (χ4v) is 2.01. The van der Waals surface area contributed by atoms with Crippen molar-refractivity contribution in [2.75, 3.05) is 19.7 Å². The van der Waals surface area contributed by atoms with E-state index < -0.39 is 11.7 Å². The van der Waals surface area contributed by atoms with E-state index in [2.05, 4.69) is 10.6 Å². The summed E-state index contributed by atoms with van der Waals surface area (Å²) in [5.74, 6) is -0.182. The van der Waals surface area contributed by atoms with Gasteiger partial charge in [0.15, 0.2) is 0 Å². The van der Waals surface area contributed by atoms with Gasteiger partial charge in [-0.25, -0.2) is 4.79 Å². The summed E-state index contributed by atoms with van der Waals surface area (Å²) in [6.07, 6.45) is -0.142. The van der Waals surface area contributed by atoms with Crippen LogP contribution in [0.4, 0.5) is 4.79 Å². The summed E-state index contributed by atoms with van der Waals surface area (Å²) in [6.45, 7) is 8.94. The summed E-state index contributed by atoms with van der Waals surface area (Å²) in [5.41, 5.74) is -0.521. The molecule has 19 heavy (non-hydrogen) atoms. The molecule has 0 aliphatic carbocycles. The minimum Gasteiger partial charge on any atom is -0.466 e. The van der Waals surface area contributed by atoms with Crippen molar-refractivity contribution in [2.24, 2.45) is 5.92 Å². The van der Waals surface area contributed by atoms with Crippen molar-refractivity contribution in [1.82, 2.24) is 10.6 Å². The standard InChI is InChI=1S/C13H24N2O4/c1-5-18-11(16)6-9-7-14-8-10(9)15-12(17)19-13(2,3)4/h9-10,14H,5-8H2,1-4H3,(H,15,17)/t9-,10-/m0/s1. The van der Waals surface area contributed by atoms with Crippen molar-refractivity contribution in [1.29, 1.82) is 0 Å². The molecule has 6 heteroatoms. The number of hydrogen-bond donors (Lipinski definition) is 2. The molecule has 6 nitrogen and oxygen atoms in total. The van der Waals surface area contributed by atoms with Gasteiger partial charge in [0.05, 0.1) is 13.0 Å². The average Bonchev–Trinajstić information content (AvgIpc) is 2.62. The van der Waals surface area contributed by atoms with Crippen molar-refractivity contribution in [3.63, 3.8) is 0 Å². The fraction of sp³-hybridized carbons (Fsp3) is 0.846. The third kappa shape index (κ3) is 5.92. The summed E-state index contributed by atoms with van der Waals surface area (Å²) in [5, 5.41) is 5.96. The molecule has 110 valence electrons. The van der Waals surface area contributed by atoms with E-state index in [1.807, 2.05) is 20.8 Å². The zero-order valence-corrected chi connectivity index (χ0v) is 12.1. The maximum atomic E-state index is 11.7. The molecular weight excluding hydrogens is 248 g/mol. The van der Waals surface area contributed by atoms with Crippen LogP contribution in [0.5, 0.6) is 0 Å². The van der Waals surface area contributed by atoms with Gasteiger partial charge in [-0.3, -0.25) is 4.79 Å². The Balaban J connectivity index is 2.43. The molecule has 0 aromatic carbocycles. The summed E-state index contributed by atoms with van der Waals surface area (Å²) in [6, 6.07) is -0.0979. The zero-order valence-electron chi connectivity index (χ0n) is 12.1. The third-order valence-corrected chi connectivity index (χ3v) is 2.78. The second-order valence-electron chi connectivity index (χ2n) is 5.68. The lowest BCUT2D eigenvalue weighted by Crippen LogP contribution is -2.43. The Bertz CT molecular complexity index is 325. The Morgan fingerprint density at radius 3 is 2.58 bits per heavy atom. The normalized spacial score (nSPS) is 22.9. The topological polar surface area (TPSA) is 76.7 Å². The molecule has 2 N–H and O–H groups in total. The van der Waals surface area contributed by atoms with Crippen LogP contribution in [0.15, 0.2) is 0 Å². The largest absolute Gasteiger partial charge is 0.466 e. The molecule has 0 unspecified atom stereocenters. The number of carbonyl (C=O) groups is 2. The van der Waals surface area contributed by atoms with Crippen LogP contribution in [0.3, 0.4) is 0 Å². The van der Waals surface area contributed by atoms with Crippen LogP contribution in [0.25, 0.3) is 0 Å². The van der Waals surface area contributed by atoms with Gasteiger partial charge in [-0.15, -0.1) is 0 Å². The van der Waals surface area contributed by atoms with E-state index in [4.69, 9.17) is 9.47 Å². The van der Waals surface area contributed by atoms with Gasteiger partial charge in [0.2, 0.25) is 0 Å². The molecule has 0 aromatic heterocycles. The lowest BCUT2D eigenvalue weighted by atomic mass is 10.00. The van der Waals surface area contributed by atoms with Crippen molar-refractivity contribution < 1.29 is 19.1 Å². The molecule has 0 aromatic rings. The van der Waals surface area contributed by atoms with Crippen molar-refractivity contribution in [2.45, 2.75) is 45.8 Å². The molecule has 1 aliphatic rings. The minimum atomic E-state index is -0.521. The Hall–Kier alpha value is -1.30. The van der Waals surface area contributed by atoms with Crippen molar-refractivity contribution in [3.8, 4) is 0 Å². The highest BCUT2D eigenvalue weighted by Gasteiger charge is 2.31. The lowest BCUT2D eigenvalue weighted by Gasteiger charge is -2.23. The number of rotatable bonds is 4. The molecule has 0 spiro atoms. The molecule has 1 fully saturated rings. The third-order valence-electron chi connectivity index (χ3n) is 2.78. The molecule has 0 radical (unpaired) electrons. The van der Waals surface area contributed by atoms with E-state index in [0.717, 1.165) is 0 Å². The second-order valence-corrected chi connectivity index (χ2v) is 5.68. The highest BCUT2D eigenvalue weighted by atomic mass is 16.6. The number of carbonyl (C=O) groups excluding carboxylic acids is 2. The van der Waals surface area contributed by atoms with Gasteiger partial charge in [0.1, 0.15) is 5.60 Å². The summed E-state index contributed by atoms with van der Waals surface area (Å²) < 4.78 is 10.1. The smallest absolute Gasteiger partial charge is 0.407 e. The maximum Gasteiger partial charge on any atom is 0.407 e. The van der Waals surface area contributed by atoms with Crippen LogP contribution in [0.2, 0.25) is 0 Å². The quantitative estimate of drug-likeness (QED) is 0.748. The molecule has 1 heterocycles. The van der Waals surface area contributed by atoms with Gasteiger partial charge < -0.3 is 20.1 Å². The molecule has 1 amide bonds. The van der Waals surface area contributed by atoms with E-state index in [-0.39, 0.29) is 17.9 Å². The monoisotopic (exact) mass is 272 g/mol. The number of nitrogens with one attached hydrogen (secondary N) is 2. The molecule has 0 saturated carbocycles. The van der Waals surface area contributed by atoms with Gasteiger partial charge in [-0.2, -0.15) is 0 Å². The molecule has 1 rings (SSSR count). The van der Waals surface area contributed by atoms with E-state index in [1.54, 1.807) is 6.92 Å². The van der Waals surface area contributed by atoms with E-state index in [0.29, 0.717) is 26.1 Å². The predicted molar refractivity (Wildman–Crippen MR) is 70.8 cm³/mol.